The maximum Gasteiger partial charge on any atom is 0.315 e. The molecule has 156 valence electrons. The lowest BCUT2D eigenvalue weighted by Gasteiger charge is -2.28. The van der Waals surface area contributed by atoms with Crippen LogP contribution in [0.5, 0.6) is 11.5 Å². The summed E-state index contributed by atoms with van der Waals surface area (Å²) in [4.78, 5) is 13.9. The number of nitrogens with zero attached hydrogens (tertiary/aromatic N) is 1. The second-order valence-corrected chi connectivity index (χ2v) is 7.96. The Hall–Kier alpha value is -2.96. The number of rotatable bonds is 6. The monoisotopic (exact) mass is 401 g/mol. The van der Waals surface area contributed by atoms with Gasteiger partial charge in [-0.3, -0.25) is 0 Å². The van der Waals surface area contributed by atoms with Crippen LogP contribution in [0.25, 0.3) is 0 Å². The molecule has 0 atom stereocenters. The van der Waals surface area contributed by atoms with Crippen molar-refractivity contribution in [2.24, 2.45) is 0 Å². The summed E-state index contributed by atoms with van der Waals surface area (Å²) in [5.74, 6) is 1.16. The molecule has 1 aliphatic heterocycles. The topological polar surface area (TPSA) is 62.8 Å². The average molecular weight is 401 g/mol. The van der Waals surface area contributed by atoms with Crippen molar-refractivity contribution in [1.82, 2.24) is 10.6 Å². The van der Waals surface area contributed by atoms with Crippen LogP contribution in [0, 0.1) is 5.82 Å². The van der Waals surface area contributed by atoms with Gasteiger partial charge in [-0.2, -0.15) is 0 Å². The van der Waals surface area contributed by atoms with Crippen molar-refractivity contribution in [2.45, 2.75) is 25.8 Å². The maximum atomic E-state index is 14.0. The summed E-state index contributed by atoms with van der Waals surface area (Å²) in [5.41, 5.74) is 1.96. The number of urea groups is 1. The van der Waals surface area contributed by atoms with E-state index in [-0.39, 0.29) is 23.8 Å². The summed E-state index contributed by atoms with van der Waals surface area (Å²) in [6.07, 6.45) is 0. The van der Waals surface area contributed by atoms with Gasteiger partial charge in [0.05, 0.1) is 5.69 Å². The number of hydrogen-bond acceptors (Lipinski definition) is 4. The first-order valence-electron chi connectivity index (χ1n) is 9.64. The van der Waals surface area contributed by atoms with E-state index in [0.29, 0.717) is 31.0 Å². The molecule has 0 radical (unpaired) electrons. The van der Waals surface area contributed by atoms with Gasteiger partial charge in [0, 0.05) is 32.6 Å². The molecule has 2 aromatic carbocycles. The molecule has 0 aromatic heterocycles. The molecule has 1 heterocycles. The van der Waals surface area contributed by atoms with E-state index in [1.54, 1.807) is 31.1 Å². The molecule has 2 N–H and O–H groups in total. The van der Waals surface area contributed by atoms with E-state index in [9.17, 15) is 9.18 Å². The van der Waals surface area contributed by atoms with Gasteiger partial charge in [0.1, 0.15) is 19.0 Å². The normalized spacial score (nSPS) is 13.0. The summed E-state index contributed by atoms with van der Waals surface area (Å²) < 4.78 is 25.3. The quantitative estimate of drug-likeness (QED) is 0.778. The molecule has 0 fully saturated rings. The average Bonchev–Trinajstić information content (AvgIpc) is 2.70. The van der Waals surface area contributed by atoms with Crippen LogP contribution in [0.3, 0.4) is 0 Å². The maximum absolute atomic E-state index is 14.0. The summed E-state index contributed by atoms with van der Waals surface area (Å²) in [6.45, 7) is 5.88. The van der Waals surface area contributed by atoms with Crippen molar-refractivity contribution in [3.05, 3.63) is 53.3 Å². The summed E-state index contributed by atoms with van der Waals surface area (Å²) in [6, 6.07) is 10.5. The van der Waals surface area contributed by atoms with E-state index in [1.807, 2.05) is 32.0 Å². The number of carbonyl (C=O) groups excluding carboxylic acids is 1. The number of anilines is 1. The van der Waals surface area contributed by atoms with E-state index in [2.05, 4.69) is 10.6 Å². The van der Waals surface area contributed by atoms with Crippen molar-refractivity contribution >= 4 is 11.7 Å². The van der Waals surface area contributed by atoms with Crippen LogP contribution in [-0.2, 0) is 12.0 Å². The zero-order valence-corrected chi connectivity index (χ0v) is 17.3. The fourth-order valence-corrected chi connectivity index (χ4v) is 3.14. The highest BCUT2D eigenvalue weighted by molar-refractivity contribution is 5.74. The van der Waals surface area contributed by atoms with Crippen LogP contribution in [-0.4, -0.2) is 39.9 Å². The van der Waals surface area contributed by atoms with Crippen molar-refractivity contribution in [2.75, 3.05) is 38.8 Å². The number of fused-ring (bicyclic) bond motifs is 1. The van der Waals surface area contributed by atoms with Gasteiger partial charge in [-0.15, -0.1) is 0 Å². The van der Waals surface area contributed by atoms with Crippen LogP contribution in [0.15, 0.2) is 36.4 Å². The van der Waals surface area contributed by atoms with Crippen LogP contribution in [0.2, 0.25) is 0 Å². The molecule has 0 bridgehead atoms. The highest BCUT2D eigenvalue weighted by Gasteiger charge is 2.24. The molecular weight excluding hydrogens is 373 g/mol. The molecule has 0 aliphatic carbocycles. The Kier molecular flexibility index (Phi) is 6.15. The lowest BCUT2D eigenvalue weighted by atomic mass is 9.84. The smallest absolute Gasteiger partial charge is 0.315 e. The summed E-state index contributed by atoms with van der Waals surface area (Å²) >= 11 is 0. The van der Waals surface area contributed by atoms with Gasteiger partial charge >= 0.3 is 6.03 Å². The van der Waals surface area contributed by atoms with Gasteiger partial charge in [0.25, 0.3) is 0 Å². The minimum Gasteiger partial charge on any atom is -0.486 e. The largest absolute Gasteiger partial charge is 0.486 e. The molecule has 6 nitrogen and oxygen atoms in total. The van der Waals surface area contributed by atoms with Crippen molar-refractivity contribution in [3.63, 3.8) is 0 Å². The zero-order chi connectivity index (χ0) is 21.0. The van der Waals surface area contributed by atoms with E-state index >= 15 is 0 Å². The van der Waals surface area contributed by atoms with Crippen LogP contribution in [0.1, 0.15) is 25.0 Å². The number of carbonyl (C=O) groups is 1. The highest BCUT2D eigenvalue weighted by Crippen LogP contribution is 2.34. The SMILES string of the molecule is CN(C)c1ccc(CNC(=O)NCC(C)(C)c2ccc3c(c2)OCCO3)cc1F. The molecule has 2 aromatic rings. The zero-order valence-electron chi connectivity index (χ0n) is 17.3. The van der Waals surface area contributed by atoms with Gasteiger partial charge in [-0.25, -0.2) is 9.18 Å². The minimum absolute atomic E-state index is 0.251. The predicted octanol–water partition coefficient (Wildman–Crippen LogP) is 3.44. The third-order valence-electron chi connectivity index (χ3n) is 4.96. The summed E-state index contributed by atoms with van der Waals surface area (Å²) in [5, 5.41) is 5.67. The highest BCUT2D eigenvalue weighted by atomic mass is 19.1. The molecule has 1 aliphatic rings. The van der Waals surface area contributed by atoms with Gasteiger partial charge in [0.2, 0.25) is 0 Å². The first kappa shape index (κ1) is 20.8. The van der Waals surface area contributed by atoms with Gasteiger partial charge in [0.15, 0.2) is 11.5 Å². The number of benzene rings is 2. The van der Waals surface area contributed by atoms with Crippen LogP contribution in [0.4, 0.5) is 14.9 Å². The molecule has 7 heteroatoms. The molecule has 0 saturated heterocycles. The molecule has 0 unspecified atom stereocenters. The standard InChI is InChI=1S/C22H28FN3O3/c1-22(2,16-6-8-19-20(12-16)29-10-9-28-19)14-25-21(27)24-13-15-5-7-18(26(3)4)17(23)11-15/h5-8,11-12H,9-10,13-14H2,1-4H3,(H2,24,25,27). The van der Waals surface area contributed by atoms with Gasteiger partial charge < -0.3 is 25.0 Å². The van der Waals surface area contributed by atoms with Crippen LogP contribution >= 0.6 is 0 Å². The Morgan fingerprint density at radius 1 is 1.07 bits per heavy atom. The fourth-order valence-electron chi connectivity index (χ4n) is 3.14. The summed E-state index contributed by atoms with van der Waals surface area (Å²) in [7, 11) is 3.57. The van der Waals surface area contributed by atoms with Crippen LogP contribution < -0.4 is 25.0 Å². The molecule has 0 saturated carbocycles. The first-order chi connectivity index (χ1) is 13.8. The van der Waals surface area contributed by atoms with E-state index in [0.717, 1.165) is 17.1 Å². The third-order valence-corrected chi connectivity index (χ3v) is 4.96. The Balaban J connectivity index is 1.54. The number of hydrogen-bond donors (Lipinski definition) is 2. The number of amides is 2. The second kappa shape index (κ2) is 8.59. The minimum atomic E-state index is -0.311. The second-order valence-electron chi connectivity index (χ2n) is 7.96. The Morgan fingerprint density at radius 3 is 2.48 bits per heavy atom. The number of ether oxygens (including phenoxy) is 2. The van der Waals surface area contributed by atoms with E-state index < -0.39 is 0 Å². The van der Waals surface area contributed by atoms with Crippen molar-refractivity contribution in [3.8, 4) is 11.5 Å². The Bertz CT molecular complexity index is 884. The number of halogens is 1. The van der Waals surface area contributed by atoms with Crippen molar-refractivity contribution < 1.29 is 18.7 Å². The van der Waals surface area contributed by atoms with Crippen molar-refractivity contribution in [1.29, 1.82) is 0 Å². The molecule has 2 amide bonds. The predicted molar refractivity (Wildman–Crippen MR) is 111 cm³/mol. The van der Waals surface area contributed by atoms with E-state index in [4.69, 9.17) is 9.47 Å². The Labute approximate surface area is 171 Å². The fraction of sp³-hybridized carbons (Fsp3) is 0.409. The molecule has 0 spiro atoms. The van der Waals surface area contributed by atoms with E-state index in [1.165, 1.54) is 6.07 Å². The number of nitrogens with one attached hydrogen (secondary N) is 2. The third kappa shape index (κ3) is 5.10. The molecule has 29 heavy (non-hydrogen) atoms. The Morgan fingerprint density at radius 2 is 1.79 bits per heavy atom. The first-order valence-corrected chi connectivity index (χ1v) is 9.64. The lowest BCUT2D eigenvalue weighted by molar-refractivity contribution is 0.171. The van der Waals surface area contributed by atoms with Gasteiger partial charge in [-0.1, -0.05) is 26.0 Å². The molecular formula is C22H28FN3O3. The lowest BCUT2D eigenvalue weighted by Crippen LogP contribution is -2.42. The van der Waals surface area contributed by atoms with Gasteiger partial charge in [-0.05, 0) is 35.4 Å². The molecule has 3 rings (SSSR count).